The van der Waals surface area contributed by atoms with E-state index in [4.69, 9.17) is 14.2 Å². The molecule has 2 aromatic rings. The number of ether oxygens (including phenoxy) is 3. The second-order valence-electron chi connectivity index (χ2n) is 8.90. The Balaban J connectivity index is 1.14. The molecular formula is C24H35N3O3. The number of aromatic nitrogens is 1. The fourth-order valence-electron chi connectivity index (χ4n) is 5.06. The van der Waals surface area contributed by atoms with Gasteiger partial charge in [-0.15, -0.1) is 0 Å². The second kappa shape index (κ2) is 9.69. The third kappa shape index (κ3) is 4.67. The molecule has 164 valence electrons. The van der Waals surface area contributed by atoms with Crippen molar-refractivity contribution in [1.29, 1.82) is 0 Å². The Kier molecular flexibility index (Phi) is 6.56. The number of rotatable bonds is 6. The zero-order valence-electron chi connectivity index (χ0n) is 18.0. The summed E-state index contributed by atoms with van der Waals surface area (Å²) in [5, 5.41) is 1.23. The first kappa shape index (κ1) is 20.3. The van der Waals surface area contributed by atoms with Crippen molar-refractivity contribution in [3.63, 3.8) is 0 Å². The minimum Gasteiger partial charge on any atom is -0.490 e. The number of hydrogen-bond acceptors (Lipinski definition) is 5. The van der Waals surface area contributed by atoms with Crippen molar-refractivity contribution in [1.82, 2.24) is 14.4 Å². The first-order valence-corrected chi connectivity index (χ1v) is 11.7. The predicted molar refractivity (Wildman–Crippen MR) is 118 cm³/mol. The van der Waals surface area contributed by atoms with E-state index < -0.39 is 0 Å². The molecule has 0 aliphatic carbocycles. The smallest absolute Gasteiger partial charge is 0.129 e. The Morgan fingerprint density at radius 1 is 0.867 bits per heavy atom. The highest BCUT2D eigenvalue weighted by Crippen LogP contribution is 2.32. The van der Waals surface area contributed by atoms with Gasteiger partial charge in [0.1, 0.15) is 11.9 Å². The van der Waals surface area contributed by atoms with Crippen molar-refractivity contribution in [3.05, 3.63) is 30.5 Å². The lowest BCUT2D eigenvalue weighted by atomic mass is 10.1. The van der Waals surface area contributed by atoms with E-state index in [1.807, 2.05) is 0 Å². The van der Waals surface area contributed by atoms with E-state index in [9.17, 15) is 0 Å². The van der Waals surface area contributed by atoms with Gasteiger partial charge in [0.2, 0.25) is 0 Å². The van der Waals surface area contributed by atoms with Gasteiger partial charge in [-0.1, -0.05) is 6.07 Å². The van der Waals surface area contributed by atoms with Crippen LogP contribution in [0.5, 0.6) is 5.75 Å². The minimum atomic E-state index is 0.316. The van der Waals surface area contributed by atoms with Crippen LogP contribution < -0.4 is 4.74 Å². The molecule has 1 atom stereocenters. The quantitative estimate of drug-likeness (QED) is 0.727. The number of nitrogens with zero attached hydrogens (tertiary/aromatic N) is 3. The Bertz CT molecular complexity index is 801. The van der Waals surface area contributed by atoms with E-state index >= 15 is 0 Å². The molecule has 6 nitrogen and oxygen atoms in total. The van der Waals surface area contributed by atoms with Crippen LogP contribution in [0.25, 0.3) is 10.9 Å². The van der Waals surface area contributed by atoms with E-state index in [-0.39, 0.29) is 0 Å². The van der Waals surface area contributed by atoms with Crippen LogP contribution in [0.2, 0.25) is 0 Å². The number of likely N-dealkylation sites (tertiary alicyclic amines) is 1. The fourth-order valence-corrected chi connectivity index (χ4v) is 5.06. The molecule has 3 aliphatic rings. The summed E-state index contributed by atoms with van der Waals surface area (Å²) in [5.74, 6) is 1.04. The van der Waals surface area contributed by atoms with E-state index in [1.165, 1.54) is 17.4 Å². The third-order valence-electron chi connectivity index (χ3n) is 6.90. The third-order valence-corrected chi connectivity index (χ3v) is 6.90. The zero-order chi connectivity index (χ0) is 20.2. The lowest BCUT2D eigenvalue weighted by Gasteiger charge is -2.33. The summed E-state index contributed by atoms with van der Waals surface area (Å²) in [6, 6.07) is 9.13. The molecular weight excluding hydrogens is 378 g/mol. The average molecular weight is 414 g/mol. The molecule has 3 fully saturated rings. The highest BCUT2D eigenvalue weighted by molar-refractivity contribution is 5.86. The largest absolute Gasteiger partial charge is 0.490 e. The lowest BCUT2D eigenvalue weighted by molar-refractivity contribution is 0.0924. The van der Waals surface area contributed by atoms with Crippen molar-refractivity contribution < 1.29 is 14.2 Å². The van der Waals surface area contributed by atoms with Crippen LogP contribution in [0.3, 0.4) is 0 Å². The Morgan fingerprint density at radius 3 is 2.57 bits per heavy atom. The van der Waals surface area contributed by atoms with E-state index in [1.54, 1.807) is 0 Å². The molecule has 6 heteroatoms. The first-order valence-electron chi connectivity index (χ1n) is 11.7. The van der Waals surface area contributed by atoms with Crippen molar-refractivity contribution in [2.24, 2.45) is 0 Å². The number of hydrogen-bond donors (Lipinski definition) is 0. The molecule has 1 aromatic heterocycles. The van der Waals surface area contributed by atoms with Crippen molar-refractivity contribution >= 4 is 10.9 Å². The van der Waals surface area contributed by atoms with Crippen molar-refractivity contribution in [2.75, 3.05) is 65.7 Å². The molecule has 0 N–H and O–H groups in total. The number of benzene rings is 1. The fraction of sp³-hybridized carbons (Fsp3) is 0.667. The molecule has 1 unspecified atom stereocenters. The summed E-state index contributed by atoms with van der Waals surface area (Å²) >= 11 is 0. The van der Waals surface area contributed by atoms with Crippen LogP contribution in [0.1, 0.15) is 31.7 Å². The van der Waals surface area contributed by atoms with Gasteiger partial charge in [-0.2, -0.15) is 0 Å². The van der Waals surface area contributed by atoms with Gasteiger partial charge in [-0.05, 0) is 43.9 Å². The van der Waals surface area contributed by atoms with Crippen molar-refractivity contribution in [3.8, 4) is 5.75 Å². The Labute approximate surface area is 179 Å². The minimum absolute atomic E-state index is 0.316. The molecule has 0 saturated carbocycles. The van der Waals surface area contributed by atoms with Crippen molar-refractivity contribution in [2.45, 2.75) is 37.8 Å². The summed E-state index contributed by atoms with van der Waals surface area (Å²) < 4.78 is 20.0. The SMILES string of the molecule is c1cc(OC2CCN(CCN3CCCOCC3)CC2)c2ccn(C3CCOC3)c2c1. The second-order valence-corrected chi connectivity index (χ2v) is 8.90. The molecule has 3 saturated heterocycles. The van der Waals surface area contributed by atoms with Gasteiger partial charge in [-0.25, -0.2) is 0 Å². The summed E-state index contributed by atoms with van der Waals surface area (Å²) in [7, 11) is 0. The standard InChI is InChI=1S/C24H35N3O3/c1-3-23-22(7-12-27(23)20-8-17-29-19-20)24(4-1)30-21-5-10-26(11-6-21)14-13-25-9-2-16-28-18-15-25/h1,3-4,7,12,20-21H,2,5-6,8-11,13-19H2. The Morgan fingerprint density at radius 2 is 1.73 bits per heavy atom. The molecule has 0 radical (unpaired) electrons. The lowest BCUT2D eigenvalue weighted by Crippen LogP contribution is -2.42. The van der Waals surface area contributed by atoms with Gasteiger partial charge in [0.15, 0.2) is 0 Å². The van der Waals surface area contributed by atoms with Gasteiger partial charge in [0.05, 0.1) is 24.8 Å². The van der Waals surface area contributed by atoms with E-state index in [2.05, 4.69) is 44.8 Å². The molecule has 4 heterocycles. The van der Waals surface area contributed by atoms with Crippen LogP contribution in [-0.2, 0) is 9.47 Å². The predicted octanol–water partition coefficient (Wildman–Crippen LogP) is 3.17. The van der Waals surface area contributed by atoms with Crippen LogP contribution in [-0.4, -0.2) is 86.2 Å². The maximum absolute atomic E-state index is 6.51. The van der Waals surface area contributed by atoms with Gasteiger partial charge in [-0.3, -0.25) is 4.90 Å². The normalized spacial score (nSPS) is 25.0. The zero-order valence-corrected chi connectivity index (χ0v) is 18.0. The molecule has 0 bridgehead atoms. The monoisotopic (exact) mass is 413 g/mol. The van der Waals surface area contributed by atoms with Crippen LogP contribution in [0.4, 0.5) is 0 Å². The van der Waals surface area contributed by atoms with Gasteiger partial charge >= 0.3 is 0 Å². The highest BCUT2D eigenvalue weighted by Gasteiger charge is 2.23. The molecule has 1 aromatic carbocycles. The highest BCUT2D eigenvalue weighted by atomic mass is 16.5. The topological polar surface area (TPSA) is 39.1 Å². The van der Waals surface area contributed by atoms with Gasteiger partial charge in [0, 0.05) is 64.1 Å². The summed E-state index contributed by atoms with van der Waals surface area (Å²) in [6.45, 7) is 10.3. The number of piperidine rings is 1. The average Bonchev–Trinajstić information content (AvgIpc) is 3.38. The van der Waals surface area contributed by atoms with Crippen LogP contribution in [0.15, 0.2) is 30.5 Å². The van der Waals surface area contributed by atoms with E-state index in [0.717, 1.165) is 90.6 Å². The summed E-state index contributed by atoms with van der Waals surface area (Å²) in [5.41, 5.74) is 1.27. The van der Waals surface area contributed by atoms with E-state index in [0.29, 0.717) is 12.1 Å². The molecule has 0 spiro atoms. The van der Waals surface area contributed by atoms with Gasteiger partial charge in [0.25, 0.3) is 0 Å². The maximum atomic E-state index is 6.51. The molecule has 0 amide bonds. The molecule has 3 aliphatic heterocycles. The summed E-state index contributed by atoms with van der Waals surface area (Å²) in [6.07, 6.45) is 6.99. The van der Waals surface area contributed by atoms with Crippen LogP contribution >= 0.6 is 0 Å². The maximum Gasteiger partial charge on any atom is 0.129 e. The molecule has 30 heavy (non-hydrogen) atoms. The van der Waals surface area contributed by atoms with Crippen LogP contribution in [0, 0.1) is 0 Å². The Hall–Kier alpha value is -1.60. The van der Waals surface area contributed by atoms with Gasteiger partial charge < -0.3 is 23.7 Å². The molecule has 5 rings (SSSR count). The first-order chi connectivity index (χ1) is 14.9. The summed E-state index contributed by atoms with van der Waals surface area (Å²) in [4.78, 5) is 5.15. The number of fused-ring (bicyclic) bond motifs is 1.